The zero-order valence-corrected chi connectivity index (χ0v) is 11.1. The molecule has 1 atom stereocenters. The van der Waals surface area contributed by atoms with Gasteiger partial charge in [-0.1, -0.05) is 30.3 Å². The van der Waals surface area contributed by atoms with Crippen LogP contribution in [0.3, 0.4) is 0 Å². The Morgan fingerprint density at radius 1 is 1.39 bits per heavy atom. The Morgan fingerprint density at radius 3 is 2.61 bits per heavy atom. The second-order valence-corrected chi connectivity index (χ2v) is 4.31. The predicted molar refractivity (Wildman–Crippen MR) is 72.3 cm³/mol. The molecule has 0 aliphatic rings. The average molecular weight is 250 g/mol. The van der Waals surface area contributed by atoms with Gasteiger partial charge in [0.05, 0.1) is 0 Å². The monoisotopic (exact) mass is 250 g/mol. The molecular formula is C14H22N2O2. The van der Waals surface area contributed by atoms with Crippen molar-refractivity contribution in [3.8, 4) is 0 Å². The summed E-state index contributed by atoms with van der Waals surface area (Å²) in [5, 5.41) is 0. The van der Waals surface area contributed by atoms with Crippen LogP contribution in [0.1, 0.15) is 12.0 Å². The highest BCUT2D eigenvalue weighted by molar-refractivity contribution is 5.80. The first kappa shape index (κ1) is 14.7. The third-order valence-corrected chi connectivity index (χ3v) is 2.95. The number of nitrogens with zero attached hydrogens (tertiary/aromatic N) is 1. The molecule has 4 heteroatoms. The number of nitrogens with two attached hydrogens (primary N) is 1. The lowest BCUT2D eigenvalue weighted by atomic mass is 10.1. The normalized spacial score (nSPS) is 12.2. The minimum atomic E-state index is -0.522. The highest BCUT2D eigenvalue weighted by Gasteiger charge is 2.19. The number of rotatable bonds is 7. The van der Waals surface area contributed by atoms with Crippen molar-refractivity contribution in [2.24, 2.45) is 5.73 Å². The summed E-state index contributed by atoms with van der Waals surface area (Å²) in [6, 6.07) is 10.3. The van der Waals surface area contributed by atoms with Crippen LogP contribution >= 0.6 is 0 Å². The number of aryl methyl sites for hydroxylation is 1. The maximum Gasteiger partial charge on any atom is 0.252 e. The van der Waals surface area contributed by atoms with E-state index in [4.69, 9.17) is 10.5 Å². The number of methoxy groups -OCH3 is 1. The van der Waals surface area contributed by atoms with E-state index in [1.807, 2.05) is 18.2 Å². The fraction of sp³-hybridized carbons (Fsp3) is 0.500. The molecule has 0 saturated heterocycles. The summed E-state index contributed by atoms with van der Waals surface area (Å²) < 4.78 is 5.03. The van der Waals surface area contributed by atoms with E-state index in [0.717, 1.165) is 12.8 Å². The van der Waals surface area contributed by atoms with Gasteiger partial charge in [0.15, 0.2) is 0 Å². The number of amides is 1. The maximum absolute atomic E-state index is 11.9. The molecule has 0 heterocycles. The number of hydrogen-bond donors (Lipinski definition) is 1. The molecule has 0 bridgehead atoms. The van der Waals surface area contributed by atoms with Crippen LogP contribution in [0, 0.1) is 0 Å². The molecule has 1 aromatic rings. The molecule has 0 saturated carbocycles. The molecule has 0 spiro atoms. The zero-order valence-electron chi connectivity index (χ0n) is 11.1. The van der Waals surface area contributed by atoms with Gasteiger partial charge in [-0.2, -0.15) is 0 Å². The summed E-state index contributed by atoms with van der Waals surface area (Å²) in [4.78, 5) is 13.6. The van der Waals surface area contributed by atoms with Gasteiger partial charge in [-0.15, -0.1) is 0 Å². The first-order chi connectivity index (χ1) is 8.69. The van der Waals surface area contributed by atoms with Crippen molar-refractivity contribution in [1.82, 2.24) is 4.90 Å². The molecule has 1 unspecified atom stereocenters. The Hall–Kier alpha value is -1.39. The fourth-order valence-corrected chi connectivity index (χ4v) is 1.82. The van der Waals surface area contributed by atoms with Crippen LogP contribution in [-0.2, 0) is 16.0 Å². The van der Waals surface area contributed by atoms with Crippen molar-refractivity contribution < 1.29 is 9.53 Å². The second-order valence-electron chi connectivity index (χ2n) is 4.31. The van der Waals surface area contributed by atoms with Crippen LogP contribution < -0.4 is 5.73 Å². The van der Waals surface area contributed by atoms with Crippen LogP contribution in [0.4, 0.5) is 0 Å². The van der Waals surface area contributed by atoms with Gasteiger partial charge in [0, 0.05) is 27.2 Å². The Labute approximate surface area is 109 Å². The molecule has 0 fully saturated rings. The quantitative estimate of drug-likeness (QED) is 0.787. The van der Waals surface area contributed by atoms with E-state index < -0.39 is 6.10 Å². The van der Waals surface area contributed by atoms with Gasteiger partial charge in [0.1, 0.15) is 6.10 Å². The summed E-state index contributed by atoms with van der Waals surface area (Å²) >= 11 is 0. The van der Waals surface area contributed by atoms with E-state index in [2.05, 4.69) is 12.1 Å². The summed E-state index contributed by atoms with van der Waals surface area (Å²) in [5.74, 6) is -0.0481. The Morgan fingerprint density at radius 2 is 2.06 bits per heavy atom. The lowest BCUT2D eigenvalue weighted by Gasteiger charge is -2.21. The van der Waals surface area contributed by atoms with Gasteiger partial charge in [-0.05, 0) is 18.4 Å². The van der Waals surface area contributed by atoms with E-state index in [0.29, 0.717) is 6.54 Å². The molecule has 100 valence electrons. The van der Waals surface area contributed by atoms with Crippen molar-refractivity contribution in [3.05, 3.63) is 35.9 Å². The van der Waals surface area contributed by atoms with Gasteiger partial charge < -0.3 is 15.4 Å². The molecule has 18 heavy (non-hydrogen) atoms. The number of carbonyl (C=O) groups is 1. The number of hydrogen-bond acceptors (Lipinski definition) is 3. The number of ether oxygens (including phenoxy) is 1. The van der Waals surface area contributed by atoms with Gasteiger partial charge >= 0.3 is 0 Å². The van der Waals surface area contributed by atoms with Gasteiger partial charge in [-0.3, -0.25) is 4.79 Å². The van der Waals surface area contributed by atoms with Gasteiger partial charge in [0.25, 0.3) is 5.91 Å². The molecule has 4 nitrogen and oxygen atoms in total. The third kappa shape index (κ3) is 4.47. The average Bonchev–Trinajstić information content (AvgIpc) is 2.41. The summed E-state index contributed by atoms with van der Waals surface area (Å²) in [7, 11) is 3.29. The molecule has 0 radical (unpaired) electrons. The van der Waals surface area contributed by atoms with Crippen LogP contribution in [-0.4, -0.2) is 44.2 Å². The molecule has 0 aliphatic heterocycles. The Kier molecular flexibility index (Phi) is 6.39. The number of likely N-dealkylation sites (N-methyl/N-ethyl adjacent to an activating group) is 1. The Bertz CT molecular complexity index is 350. The zero-order chi connectivity index (χ0) is 13.4. The van der Waals surface area contributed by atoms with Crippen LogP contribution in [0.15, 0.2) is 30.3 Å². The highest BCUT2D eigenvalue weighted by Crippen LogP contribution is 2.04. The fourth-order valence-electron chi connectivity index (χ4n) is 1.82. The minimum Gasteiger partial charge on any atom is -0.370 e. The van der Waals surface area contributed by atoms with Crippen LogP contribution in [0.2, 0.25) is 0 Å². The smallest absolute Gasteiger partial charge is 0.252 e. The van der Waals surface area contributed by atoms with E-state index in [1.54, 1.807) is 11.9 Å². The molecular weight excluding hydrogens is 228 g/mol. The van der Waals surface area contributed by atoms with Crippen molar-refractivity contribution in [2.75, 3.05) is 27.2 Å². The van der Waals surface area contributed by atoms with Crippen LogP contribution in [0.5, 0.6) is 0 Å². The summed E-state index contributed by atoms with van der Waals surface area (Å²) in [5.41, 5.74) is 6.76. The molecule has 0 aromatic heterocycles. The van der Waals surface area contributed by atoms with E-state index in [9.17, 15) is 4.79 Å². The summed E-state index contributed by atoms with van der Waals surface area (Å²) in [6.45, 7) is 0.936. The third-order valence-electron chi connectivity index (χ3n) is 2.95. The lowest BCUT2D eigenvalue weighted by Crippen LogP contribution is -2.42. The predicted octanol–water partition coefficient (Wildman–Crippen LogP) is 1.05. The number of benzene rings is 1. The van der Waals surface area contributed by atoms with Crippen LogP contribution in [0.25, 0.3) is 0 Å². The molecule has 0 aliphatic carbocycles. The molecule has 2 N–H and O–H groups in total. The number of carbonyl (C=O) groups excluding carboxylic acids is 1. The second kappa shape index (κ2) is 7.84. The van der Waals surface area contributed by atoms with E-state index in [-0.39, 0.29) is 12.5 Å². The lowest BCUT2D eigenvalue weighted by molar-refractivity contribution is -0.140. The van der Waals surface area contributed by atoms with E-state index >= 15 is 0 Å². The summed E-state index contributed by atoms with van der Waals surface area (Å²) in [6.07, 6.45) is 1.39. The van der Waals surface area contributed by atoms with Crippen molar-refractivity contribution in [1.29, 1.82) is 0 Å². The standard InChI is InChI=1S/C14H22N2O2/c1-16(14(17)13(11-15)18-2)10-6-9-12-7-4-3-5-8-12/h3-5,7-8,13H,6,9-11,15H2,1-2H3. The first-order valence-electron chi connectivity index (χ1n) is 6.20. The van der Waals surface area contributed by atoms with Crippen molar-refractivity contribution >= 4 is 5.91 Å². The van der Waals surface area contributed by atoms with E-state index in [1.165, 1.54) is 12.7 Å². The van der Waals surface area contributed by atoms with Gasteiger partial charge in [0.2, 0.25) is 0 Å². The highest BCUT2D eigenvalue weighted by atomic mass is 16.5. The largest absolute Gasteiger partial charge is 0.370 e. The maximum atomic E-state index is 11.9. The van der Waals surface area contributed by atoms with Crippen molar-refractivity contribution in [2.45, 2.75) is 18.9 Å². The SMILES string of the molecule is COC(CN)C(=O)N(C)CCCc1ccccc1. The first-order valence-corrected chi connectivity index (χ1v) is 6.20. The molecule has 1 rings (SSSR count). The Balaban J connectivity index is 2.33. The van der Waals surface area contributed by atoms with Gasteiger partial charge in [-0.25, -0.2) is 0 Å². The van der Waals surface area contributed by atoms with Crippen molar-refractivity contribution in [3.63, 3.8) is 0 Å². The molecule has 1 amide bonds. The minimum absolute atomic E-state index is 0.0481. The molecule has 1 aromatic carbocycles. The topological polar surface area (TPSA) is 55.6 Å².